The first-order chi connectivity index (χ1) is 12.0. The Balaban J connectivity index is 1.69. The van der Waals surface area contributed by atoms with Gasteiger partial charge in [-0.25, -0.2) is 13.1 Å². The number of hydrogen-bond acceptors (Lipinski definition) is 6. The van der Waals surface area contributed by atoms with Crippen LogP contribution in [0, 0.1) is 0 Å². The van der Waals surface area contributed by atoms with Crippen molar-refractivity contribution in [1.82, 2.24) is 14.5 Å². The van der Waals surface area contributed by atoms with E-state index in [-0.39, 0.29) is 17.7 Å². The molecule has 1 atom stereocenters. The highest BCUT2D eigenvalue weighted by Crippen LogP contribution is 2.35. The number of aryl methyl sites for hydroxylation is 1. The monoisotopic (exact) mass is 371 g/mol. The zero-order valence-corrected chi connectivity index (χ0v) is 15.3. The summed E-state index contributed by atoms with van der Waals surface area (Å²) in [5.74, 6) is 0. The maximum absolute atomic E-state index is 13.3. The first-order valence-corrected chi connectivity index (χ1v) is 10.4. The van der Waals surface area contributed by atoms with Crippen LogP contribution >= 0.6 is 0 Å². The van der Waals surface area contributed by atoms with Gasteiger partial charge in [0.25, 0.3) is 10.0 Å². The normalized spacial score (nSPS) is 26.5. The summed E-state index contributed by atoms with van der Waals surface area (Å²) in [6.07, 6.45) is 3.61. The first-order valence-electron chi connectivity index (χ1n) is 8.88. The van der Waals surface area contributed by atoms with Gasteiger partial charge in [0.15, 0.2) is 5.03 Å². The molecule has 8 nitrogen and oxygen atoms in total. The number of nitrogens with one attached hydrogen (secondary N) is 1. The Bertz CT molecular complexity index is 733. The van der Waals surface area contributed by atoms with E-state index in [1.165, 1.54) is 4.68 Å². The molecular weight excluding hydrogens is 346 g/mol. The van der Waals surface area contributed by atoms with E-state index in [0.717, 1.165) is 18.5 Å². The molecule has 25 heavy (non-hydrogen) atoms. The van der Waals surface area contributed by atoms with Crippen molar-refractivity contribution in [2.45, 2.75) is 55.4 Å². The van der Waals surface area contributed by atoms with Crippen LogP contribution in [0.1, 0.15) is 36.9 Å². The standard InChI is InChI=1S/C16H25N3O5S/c1-19-15(12-11-23-8-4-13(12)17-19)25(20,21)18-16(5-9-22-10-6-16)14-3-2-7-24-14/h14,18H,2-11H2,1H3. The molecule has 1 aromatic rings. The summed E-state index contributed by atoms with van der Waals surface area (Å²) in [5.41, 5.74) is 0.878. The summed E-state index contributed by atoms with van der Waals surface area (Å²) in [5, 5.41) is 4.61. The molecule has 2 saturated heterocycles. The number of fused-ring (bicyclic) bond motifs is 1. The van der Waals surface area contributed by atoms with Crippen molar-refractivity contribution in [3.63, 3.8) is 0 Å². The van der Waals surface area contributed by atoms with E-state index in [1.807, 2.05) is 0 Å². The van der Waals surface area contributed by atoms with Crippen molar-refractivity contribution < 1.29 is 22.6 Å². The summed E-state index contributed by atoms with van der Waals surface area (Å²) in [6, 6.07) is 0. The van der Waals surface area contributed by atoms with E-state index in [0.29, 0.717) is 51.3 Å². The maximum Gasteiger partial charge on any atom is 0.258 e. The van der Waals surface area contributed by atoms with Gasteiger partial charge in [-0.3, -0.25) is 4.68 Å². The van der Waals surface area contributed by atoms with Crippen LogP contribution in [0.2, 0.25) is 0 Å². The molecule has 9 heteroatoms. The minimum atomic E-state index is -3.75. The van der Waals surface area contributed by atoms with Gasteiger partial charge in [-0.15, -0.1) is 0 Å². The second-order valence-corrected chi connectivity index (χ2v) is 8.63. The molecule has 0 aromatic carbocycles. The van der Waals surface area contributed by atoms with Crippen LogP contribution in [0.3, 0.4) is 0 Å². The van der Waals surface area contributed by atoms with Gasteiger partial charge in [-0.1, -0.05) is 0 Å². The second-order valence-electron chi connectivity index (χ2n) is 7.03. The Kier molecular flexibility index (Phi) is 4.61. The molecule has 0 aliphatic carbocycles. The van der Waals surface area contributed by atoms with Crippen LogP contribution in [-0.4, -0.2) is 56.3 Å². The molecule has 0 radical (unpaired) electrons. The number of rotatable bonds is 4. The Morgan fingerprint density at radius 1 is 1.20 bits per heavy atom. The lowest BCUT2D eigenvalue weighted by Gasteiger charge is -2.41. The van der Waals surface area contributed by atoms with E-state index in [2.05, 4.69) is 9.82 Å². The van der Waals surface area contributed by atoms with Gasteiger partial charge >= 0.3 is 0 Å². The molecule has 3 aliphatic rings. The van der Waals surface area contributed by atoms with Crippen LogP contribution in [0.15, 0.2) is 5.03 Å². The Morgan fingerprint density at radius 2 is 2.00 bits per heavy atom. The highest BCUT2D eigenvalue weighted by atomic mass is 32.2. The second kappa shape index (κ2) is 6.62. The lowest BCUT2D eigenvalue weighted by Crippen LogP contribution is -2.59. The Labute approximate surface area is 147 Å². The summed E-state index contributed by atoms with van der Waals surface area (Å²) in [4.78, 5) is 0. The van der Waals surface area contributed by atoms with E-state index >= 15 is 0 Å². The smallest absolute Gasteiger partial charge is 0.258 e. The molecule has 1 unspecified atom stereocenters. The van der Waals surface area contributed by atoms with E-state index in [4.69, 9.17) is 14.2 Å². The minimum absolute atomic E-state index is 0.105. The summed E-state index contributed by atoms with van der Waals surface area (Å²) >= 11 is 0. The third-order valence-electron chi connectivity index (χ3n) is 5.42. The van der Waals surface area contributed by atoms with Gasteiger partial charge in [0, 0.05) is 38.9 Å². The molecule has 0 saturated carbocycles. The SMILES string of the molecule is Cn1nc2c(c1S(=O)(=O)NC1(C3CCCO3)CCOCC1)COCC2. The molecule has 2 fully saturated rings. The van der Waals surface area contributed by atoms with Crippen LogP contribution in [0.4, 0.5) is 0 Å². The topological polar surface area (TPSA) is 91.7 Å². The number of aromatic nitrogens is 2. The van der Waals surface area contributed by atoms with Crippen molar-refractivity contribution in [1.29, 1.82) is 0 Å². The lowest BCUT2D eigenvalue weighted by atomic mass is 9.84. The van der Waals surface area contributed by atoms with Crippen molar-refractivity contribution >= 4 is 10.0 Å². The van der Waals surface area contributed by atoms with E-state index in [1.54, 1.807) is 7.05 Å². The van der Waals surface area contributed by atoms with Gasteiger partial charge in [0.05, 0.1) is 30.6 Å². The van der Waals surface area contributed by atoms with Gasteiger partial charge in [0.2, 0.25) is 0 Å². The largest absolute Gasteiger partial charge is 0.381 e. The van der Waals surface area contributed by atoms with Crippen LogP contribution in [-0.2, 0) is 44.3 Å². The summed E-state index contributed by atoms with van der Waals surface area (Å²) in [6.45, 7) is 2.62. The van der Waals surface area contributed by atoms with Crippen LogP contribution < -0.4 is 4.72 Å². The van der Waals surface area contributed by atoms with Gasteiger partial charge < -0.3 is 14.2 Å². The number of nitrogens with zero attached hydrogens (tertiary/aromatic N) is 2. The highest BCUT2D eigenvalue weighted by Gasteiger charge is 2.46. The fraction of sp³-hybridized carbons (Fsp3) is 0.812. The Morgan fingerprint density at radius 3 is 2.72 bits per heavy atom. The first kappa shape index (κ1) is 17.4. The molecule has 3 aliphatic heterocycles. The fourth-order valence-electron chi connectivity index (χ4n) is 4.19. The van der Waals surface area contributed by atoms with Crippen LogP contribution in [0.25, 0.3) is 0 Å². The molecular formula is C16H25N3O5S. The molecule has 4 heterocycles. The molecule has 0 amide bonds. The van der Waals surface area contributed by atoms with Gasteiger partial charge in [-0.05, 0) is 25.7 Å². The van der Waals surface area contributed by atoms with E-state index in [9.17, 15) is 8.42 Å². The quantitative estimate of drug-likeness (QED) is 0.829. The lowest BCUT2D eigenvalue weighted by molar-refractivity contribution is -0.0302. The average Bonchev–Trinajstić information content (AvgIpc) is 3.22. The molecule has 1 N–H and O–H groups in total. The maximum atomic E-state index is 13.3. The zero-order valence-electron chi connectivity index (χ0n) is 14.5. The molecule has 0 spiro atoms. The van der Waals surface area contributed by atoms with E-state index < -0.39 is 15.6 Å². The Hall–Kier alpha value is -1.00. The van der Waals surface area contributed by atoms with Crippen molar-refractivity contribution in [2.75, 3.05) is 26.4 Å². The fourth-order valence-corrected chi connectivity index (χ4v) is 6.04. The van der Waals surface area contributed by atoms with Gasteiger partial charge in [0.1, 0.15) is 0 Å². The average molecular weight is 371 g/mol. The molecule has 0 bridgehead atoms. The highest BCUT2D eigenvalue weighted by molar-refractivity contribution is 7.89. The summed E-state index contributed by atoms with van der Waals surface area (Å²) in [7, 11) is -2.07. The summed E-state index contributed by atoms with van der Waals surface area (Å²) < 4.78 is 47.9. The third-order valence-corrected chi connectivity index (χ3v) is 7.12. The van der Waals surface area contributed by atoms with Crippen LogP contribution in [0.5, 0.6) is 0 Å². The zero-order chi connectivity index (χ0) is 17.5. The number of ether oxygens (including phenoxy) is 3. The van der Waals surface area contributed by atoms with Crippen molar-refractivity contribution in [2.24, 2.45) is 7.05 Å². The minimum Gasteiger partial charge on any atom is -0.381 e. The predicted octanol–water partition coefficient (Wildman–Crippen LogP) is 0.499. The molecule has 1 aromatic heterocycles. The van der Waals surface area contributed by atoms with Crippen molar-refractivity contribution in [3.8, 4) is 0 Å². The number of sulfonamides is 1. The molecule has 4 rings (SSSR count). The van der Waals surface area contributed by atoms with Gasteiger partial charge in [-0.2, -0.15) is 5.10 Å². The number of hydrogen-bond donors (Lipinski definition) is 1. The van der Waals surface area contributed by atoms with Crippen molar-refractivity contribution in [3.05, 3.63) is 11.3 Å². The predicted molar refractivity (Wildman–Crippen MR) is 88.6 cm³/mol. The third kappa shape index (κ3) is 3.12. The molecule has 140 valence electrons.